The topological polar surface area (TPSA) is 80.3 Å². The lowest BCUT2D eigenvalue weighted by Gasteiger charge is -2.12. The standard InChI is InChI=1S/C18H16ClN3O3S2/c1-9-16(27-18(20-9)14-6-7-15(19)26-14)17(24)22-13-8-11(25-3)4-5-12(13)21-10(2)23/h4-8H,1-3H3,(H,21,23)(H,22,24). The monoisotopic (exact) mass is 421 g/mol. The van der Waals surface area contributed by atoms with E-state index in [4.69, 9.17) is 16.3 Å². The molecule has 0 unspecified atom stereocenters. The van der Waals surface area contributed by atoms with E-state index < -0.39 is 0 Å². The molecule has 3 aromatic rings. The van der Waals surface area contributed by atoms with E-state index in [0.717, 1.165) is 9.88 Å². The first kappa shape index (κ1) is 19.3. The molecule has 0 aliphatic heterocycles. The highest BCUT2D eigenvalue weighted by atomic mass is 35.5. The number of methoxy groups -OCH3 is 1. The molecule has 27 heavy (non-hydrogen) atoms. The van der Waals surface area contributed by atoms with Gasteiger partial charge in [0.05, 0.1) is 33.4 Å². The average molecular weight is 422 g/mol. The second-order valence-electron chi connectivity index (χ2n) is 5.58. The molecule has 0 atom stereocenters. The Kier molecular flexibility index (Phi) is 5.79. The SMILES string of the molecule is COc1ccc(NC(C)=O)c(NC(=O)c2sc(-c3ccc(Cl)s3)nc2C)c1. The minimum Gasteiger partial charge on any atom is -0.497 e. The van der Waals surface area contributed by atoms with Crippen molar-refractivity contribution in [1.29, 1.82) is 0 Å². The van der Waals surface area contributed by atoms with Crippen LogP contribution in [0.15, 0.2) is 30.3 Å². The number of halogens is 1. The van der Waals surface area contributed by atoms with Crippen LogP contribution >= 0.6 is 34.3 Å². The first-order valence-electron chi connectivity index (χ1n) is 7.87. The van der Waals surface area contributed by atoms with Gasteiger partial charge < -0.3 is 15.4 Å². The molecule has 0 fully saturated rings. The van der Waals surface area contributed by atoms with Crippen LogP contribution in [-0.4, -0.2) is 23.9 Å². The number of amides is 2. The van der Waals surface area contributed by atoms with Gasteiger partial charge >= 0.3 is 0 Å². The maximum atomic E-state index is 12.8. The number of hydrogen-bond acceptors (Lipinski definition) is 6. The number of hydrogen-bond donors (Lipinski definition) is 2. The lowest BCUT2D eigenvalue weighted by atomic mass is 10.2. The van der Waals surface area contributed by atoms with Gasteiger partial charge in [0.25, 0.3) is 5.91 Å². The van der Waals surface area contributed by atoms with E-state index in [1.807, 2.05) is 6.07 Å². The molecule has 0 aliphatic rings. The number of thiazole rings is 1. The molecular formula is C18H16ClN3O3S2. The van der Waals surface area contributed by atoms with E-state index in [2.05, 4.69) is 15.6 Å². The van der Waals surface area contributed by atoms with Gasteiger partial charge in [-0.25, -0.2) is 4.98 Å². The molecule has 140 valence electrons. The van der Waals surface area contributed by atoms with Gasteiger partial charge in [0.15, 0.2) is 0 Å². The van der Waals surface area contributed by atoms with Gasteiger partial charge in [0, 0.05) is 13.0 Å². The summed E-state index contributed by atoms with van der Waals surface area (Å²) in [5, 5.41) is 6.27. The van der Waals surface area contributed by atoms with Gasteiger partial charge in [0.1, 0.15) is 15.6 Å². The molecular weight excluding hydrogens is 406 g/mol. The number of ether oxygens (including phenoxy) is 1. The zero-order valence-electron chi connectivity index (χ0n) is 14.8. The number of benzene rings is 1. The quantitative estimate of drug-likeness (QED) is 0.603. The Morgan fingerprint density at radius 1 is 1.11 bits per heavy atom. The van der Waals surface area contributed by atoms with Crippen LogP contribution in [0.3, 0.4) is 0 Å². The van der Waals surface area contributed by atoms with Gasteiger partial charge in [-0.15, -0.1) is 22.7 Å². The number of aryl methyl sites for hydroxylation is 1. The molecule has 1 aromatic carbocycles. The number of carbonyl (C=O) groups excluding carboxylic acids is 2. The summed E-state index contributed by atoms with van der Waals surface area (Å²) in [6.07, 6.45) is 0. The minimum atomic E-state index is -0.307. The van der Waals surface area contributed by atoms with Gasteiger partial charge in [-0.05, 0) is 31.2 Å². The van der Waals surface area contributed by atoms with Crippen molar-refractivity contribution in [3.63, 3.8) is 0 Å². The number of rotatable bonds is 5. The molecule has 0 aliphatic carbocycles. The van der Waals surface area contributed by atoms with Crippen molar-refractivity contribution < 1.29 is 14.3 Å². The number of thiophene rings is 1. The Hall–Kier alpha value is -2.42. The summed E-state index contributed by atoms with van der Waals surface area (Å²) in [4.78, 5) is 30.1. The summed E-state index contributed by atoms with van der Waals surface area (Å²) in [5.74, 6) is 0.0228. The zero-order valence-corrected chi connectivity index (χ0v) is 17.1. The van der Waals surface area contributed by atoms with Crippen LogP contribution in [0, 0.1) is 6.92 Å². The summed E-state index contributed by atoms with van der Waals surface area (Å²) in [5.41, 5.74) is 1.56. The van der Waals surface area contributed by atoms with Crippen LogP contribution in [0.25, 0.3) is 9.88 Å². The van der Waals surface area contributed by atoms with Crippen molar-refractivity contribution in [2.45, 2.75) is 13.8 Å². The van der Waals surface area contributed by atoms with E-state index in [1.54, 1.807) is 31.2 Å². The maximum absolute atomic E-state index is 12.8. The van der Waals surface area contributed by atoms with E-state index >= 15 is 0 Å². The summed E-state index contributed by atoms with van der Waals surface area (Å²) >= 11 is 8.69. The number of carbonyl (C=O) groups is 2. The highest BCUT2D eigenvalue weighted by Gasteiger charge is 2.19. The van der Waals surface area contributed by atoms with Crippen molar-refractivity contribution in [2.75, 3.05) is 17.7 Å². The predicted molar refractivity (Wildman–Crippen MR) is 110 cm³/mol. The number of aromatic nitrogens is 1. The zero-order chi connectivity index (χ0) is 19.6. The number of nitrogens with zero attached hydrogens (tertiary/aromatic N) is 1. The van der Waals surface area contributed by atoms with Crippen molar-refractivity contribution in [1.82, 2.24) is 4.98 Å². The smallest absolute Gasteiger partial charge is 0.267 e. The fourth-order valence-electron chi connectivity index (χ4n) is 2.37. The Morgan fingerprint density at radius 3 is 2.52 bits per heavy atom. The molecule has 0 radical (unpaired) electrons. The van der Waals surface area contributed by atoms with Crippen LogP contribution in [-0.2, 0) is 4.79 Å². The van der Waals surface area contributed by atoms with Crippen molar-refractivity contribution in [3.8, 4) is 15.6 Å². The molecule has 0 spiro atoms. The van der Waals surface area contributed by atoms with Crippen LogP contribution < -0.4 is 15.4 Å². The fourth-order valence-corrected chi connectivity index (χ4v) is 4.43. The number of nitrogens with one attached hydrogen (secondary N) is 2. The largest absolute Gasteiger partial charge is 0.497 e. The van der Waals surface area contributed by atoms with Gasteiger partial charge in [0.2, 0.25) is 5.91 Å². The molecule has 0 bridgehead atoms. The first-order valence-corrected chi connectivity index (χ1v) is 9.88. The Labute approximate surface area is 169 Å². The van der Waals surface area contributed by atoms with Crippen LogP contribution in [0.2, 0.25) is 4.34 Å². The minimum absolute atomic E-state index is 0.235. The molecule has 9 heteroatoms. The Bertz CT molecular complexity index is 1010. The summed E-state index contributed by atoms with van der Waals surface area (Å²) < 4.78 is 5.87. The molecule has 6 nitrogen and oxygen atoms in total. The summed E-state index contributed by atoms with van der Waals surface area (Å²) in [7, 11) is 1.53. The molecule has 2 heterocycles. The second-order valence-corrected chi connectivity index (χ2v) is 8.30. The third-order valence-corrected chi connectivity index (χ3v) is 6.13. The molecule has 2 amide bonds. The summed E-state index contributed by atoms with van der Waals surface area (Å²) in [6.45, 7) is 3.19. The molecule has 2 N–H and O–H groups in total. The number of anilines is 2. The maximum Gasteiger partial charge on any atom is 0.267 e. The predicted octanol–water partition coefficient (Wildman–Crippen LogP) is 5.05. The fraction of sp³-hybridized carbons (Fsp3) is 0.167. The first-order chi connectivity index (χ1) is 12.9. The third-order valence-electron chi connectivity index (χ3n) is 3.57. The normalized spacial score (nSPS) is 10.5. The Morgan fingerprint density at radius 2 is 1.89 bits per heavy atom. The van der Waals surface area contributed by atoms with Gasteiger partial charge in [-0.2, -0.15) is 0 Å². The van der Waals surface area contributed by atoms with E-state index in [9.17, 15) is 9.59 Å². The van der Waals surface area contributed by atoms with E-state index in [0.29, 0.717) is 32.0 Å². The molecule has 3 rings (SSSR count). The van der Waals surface area contributed by atoms with Crippen LogP contribution in [0.4, 0.5) is 11.4 Å². The lowest BCUT2D eigenvalue weighted by Crippen LogP contribution is -2.15. The van der Waals surface area contributed by atoms with Crippen LogP contribution in [0.1, 0.15) is 22.3 Å². The third kappa shape index (κ3) is 4.47. The second kappa shape index (κ2) is 8.08. The van der Waals surface area contributed by atoms with E-state index in [-0.39, 0.29) is 11.8 Å². The van der Waals surface area contributed by atoms with E-state index in [1.165, 1.54) is 36.7 Å². The Balaban J connectivity index is 1.89. The highest BCUT2D eigenvalue weighted by molar-refractivity contribution is 7.24. The molecule has 0 saturated carbocycles. The molecule has 2 aromatic heterocycles. The van der Waals surface area contributed by atoms with Gasteiger partial charge in [-0.3, -0.25) is 9.59 Å². The van der Waals surface area contributed by atoms with Crippen molar-refractivity contribution in [2.24, 2.45) is 0 Å². The van der Waals surface area contributed by atoms with Crippen LogP contribution in [0.5, 0.6) is 5.75 Å². The van der Waals surface area contributed by atoms with Crippen molar-refractivity contribution >= 4 is 57.5 Å². The van der Waals surface area contributed by atoms with Gasteiger partial charge in [-0.1, -0.05) is 11.6 Å². The summed E-state index contributed by atoms with van der Waals surface area (Å²) in [6, 6.07) is 8.71. The van der Waals surface area contributed by atoms with Crippen molar-refractivity contribution in [3.05, 3.63) is 45.2 Å². The highest BCUT2D eigenvalue weighted by Crippen LogP contribution is 2.35. The lowest BCUT2D eigenvalue weighted by molar-refractivity contribution is -0.114. The average Bonchev–Trinajstić information content (AvgIpc) is 3.21. The molecule has 0 saturated heterocycles.